The molecule has 11 aromatic rings. The highest BCUT2D eigenvalue weighted by atomic mass is 15.1. The van der Waals surface area contributed by atoms with E-state index in [1.54, 1.807) is 0 Å². The number of aromatic nitrogens is 4. The van der Waals surface area contributed by atoms with Crippen LogP contribution in [0, 0.1) is 0 Å². The van der Waals surface area contributed by atoms with Crippen molar-refractivity contribution in [3.05, 3.63) is 158 Å². The second-order valence-corrected chi connectivity index (χ2v) is 12.6. The van der Waals surface area contributed by atoms with Crippen LogP contribution < -0.4 is 0 Å². The van der Waals surface area contributed by atoms with Gasteiger partial charge >= 0.3 is 0 Å². The Morgan fingerprint density at radius 3 is 1.71 bits per heavy atom. The first-order valence-electron chi connectivity index (χ1n) is 16.4. The maximum atomic E-state index is 5.41. The molecule has 0 saturated heterocycles. The molecule has 11 rings (SSSR count). The van der Waals surface area contributed by atoms with E-state index in [1.165, 1.54) is 60.0 Å². The summed E-state index contributed by atoms with van der Waals surface area (Å²) in [5, 5.41) is 8.56. The van der Waals surface area contributed by atoms with Crippen molar-refractivity contribution >= 4 is 70.8 Å². The Hall–Kier alpha value is -6.52. The number of rotatable bonds is 3. The number of hydrogen-bond acceptors (Lipinski definition) is 2. The van der Waals surface area contributed by atoms with Gasteiger partial charge in [-0.05, 0) is 47.5 Å². The molecule has 4 aromatic heterocycles. The fourth-order valence-electron chi connectivity index (χ4n) is 7.99. The molecule has 0 saturated carbocycles. The summed E-state index contributed by atoms with van der Waals surface area (Å²) in [5.74, 6) is 1.59. The molecular formula is C44H26N4. The van der Waals surface area contributed by atoms with Gasteiger partial charge in [0.15, 0.2) is 5.82 Å². The van der Waals surface area contributed by atoms with E-state index in [9.17, 15) is 0 Å². The largest absolute Gasteiger partial charge is 0.308 e. The lowest BCUT2D eigenvalue weighted by molar-refractivity contribution is 1.08. The van der Waals surface area contributed by atoms with Crippen molar-refractivity contribution in [2.75, 3.05) is 0 Å². The lowest BCUT2D eigenvalue weighted by Crippen LogP contribution is -2.02. The molecule has 48 heavy (non-hydrogen) atoms. The second-order valence-electron chi connectivity index (χ2n) is 12.6. The zero-order valence-corrected chi connectivity index (χ0v) is 25.8. The first-order chi connectivity index (χ1) is 23.8. The van der Waals surface area contributed by atoms with Gasteiger partial charge in [0.25, 0.3) is 0 Å². The van der Waals surface area contributed by atoms with Crippen molar-refractivity contribution in [3.8, 4) is 28.3 Å². The number of benzene rings is 7. The van der Waals surface area contributed by atoms with Crippen molar-refractivity contribution in [1.29, 1.82) is 0 Å². The maximum Gasteiger partial charge on any atom is 0.162 e. The summed E-state index contributed by atoms with van der Waals surface area (Å²) in [6.45, 7) is 0. The first kappa shape index (κ1) is 25.6. The van der Waals surface area contributed by atoms with Crippen molar-refractivity contribution in [2.24, 2.45) is 0 Å². The van der Waals surface area contributed by atoms with Crippen LogP contribution in [0.25, 0.3) is 99.1 Å². The second kappa shape index (κ2) is 9.50. The molecule has 0 aliphatic heterocycles. The summed E-state index contributed by atoms with van der Waals surface area (Å²) >= 11 is 0. The molecule has 4 nitrogen and oxygen atoms in total. The predicted molar refractivity (Wildman–Crippen MR) is 199 cm³/mol. The standard InChI is InChI=1S/C44H26N4/c1-2-12-27(13-3-1)28-22-24-29(25-23-28)43-45-35-18-8-4-15-31(35)44(46-43)48-38-21-11-6-16-32(38)40-39(48)26-34-30-14-5-9-19-36(30)47-37-20-10-7-17-33(37)41(40)42(34)47/h1-26H. The number of hydrogen-bond donors (Lipinski definition) is 0. The van der Waals surface area contributed by atoms with Gasteiger partial charge < -0.3 is 4.40 Å². The Kier molecular flexibility index (Phi) is 5.08. The molecule has 0 aliphatic rings. The van der Waals surface area contributed by atoms with E-state index in [0.29, 0.717) is 5.82 Å². The Bertz CT molecular complexity index is 3040. The van der Waals surface area contributed by atoms with Crippen molar-refractivity contribution in [1.82, 2.24) is 18.9 Å². The molecule has 0 atom stereocenters. The summed E-state index contributed by atoms with van der Waals surface area (Å²) in [6.07, 6.45) is 0. The van der Waals surface area contributed by atoms with Gasteiger partial charge in [0, 0.05) is 43.3 Å². The zero-order chi connectivity index (χ0) is 31.3. The zero-order valence-electron chi connectivity index (χ0n) is 25.8. The molecule has 0 bridgehead atoms. The van der Waals surface area contributed by atoms with Gasteiger partial charge in [-0.25, -0.2) is 9.97 Å². The molecule has 222 valence electrons. The van der Waals surface area contributed by atoms with Crippen molar-refractivity contribution in [2.45, 2.75) is 0 Å². The van der Waals surface area contributed by atoms with Gasteiger partial charge in [-0.1, -0.05) is 121 Å². The van der Waals surface area contributed by atoms with Crippen LogP contribution >= 0.6 is 0 Å². The average Bonchev–Trinajstić information content (AvgIpc) is 3.79. The predicted octanol–water partition coefficient (Wildman–Crippen LogP) is 11.2. The minimum atomic E-state index is 0.710. The SMILES string of the molecule is c1ccc(-c2ccc(-c3nc(-n4c5ccccc5c5c6c7ccccc7n7c8ccccc8c(cc54)c67)c4ccccc4n3)cc2)cc1. The highest BCUT2D eigenvalue weighted by Gasteiger charge is 2.25. The van der Waals surface area contributed by atoms with E-state index in [-0.39, 0.29) is 0 Å². The third kappa shape index (κ3) is 3.38. The average molecular weight is 611 g/mol. The monoisotopic (exact) mass is 610 g/mol. The Morgan fingerprint density at radius 1 is 0.375 bits per heavy atom. The van der Waals surface area contributed by atoms with Crippen LogP contribution in [0.4, 0.5) is 0 Å². The van der Waals surface area contributed by atoms with Crippen LogP contribution in [0.2, 0.25) is 0 Å². The third-order valence-electron chi connectivity index (χ3n) is 10.1. The van der Waals surface area contributed by atoms with Crippen LogP contribution in [-0.2, 0) is 0 Å². The molecular weight excluding hydrogens is 585 g/mol. The van der Waals surface area contributed by atoms with Gasteiger partial charge in [0.2, 0.25) is 0 Å². The molecule has 0 aliphatic carbocycles. The summed E-state index contributed by atoms with van der Waals surface area (Å²) in [4.78, 5) is 10.5. The van der Waals surface area contributed by atoms with Crippen molar-refractivity contribution < 1.29 is 0 Å². The Labute approximate surface area is 275 Å². The molecule has 0 amide bonds. The van der Waals surface area contributed by atoms with E-state index in [1.807, 2.05) is 6.07 Å². The lowest BCUT2D eigenvalue weighted by Gasteiger charge is -2.13. The lowest BCUT2D eigenvalue weighted by atomic mass is 10.0. The Balaban J connectivity index is 1.27. The van der Waals surface area contributed by atoms with Crippen LogP contribution in [0.15, 0.2) is 158 Å². The van der Waals surface area contributed by atoms with Crippen LogP contribution in [0.5, 0.6) is 0 Å². The van der Waals surface area contributed by atoms with Gasteiger partial charge in [-0.2, -0.15) is 0 Å². The molecule has 4 heteroatoms. The van der Waals surface area contributed by atoms with Crippen LogP contribution in [-0.4, -0.2) is 18.9 Å². The van der Waals surface area contributed by atoms with E-state index < -0.39 is 0 Å². The smallest absolute Gasteiger partial charge is 0.162 e. The summed E-state index contributed by atoms with van der Waals surface area (Å²) < 4.78 is 4.83. The number of para-hydroxylation sites is 4. The highest BCUT2D eigenvalue weighted by molar-refractivity contribution is 6.35. The molecule has 0 radical (unpaired) electrons. The fourth-order valence-corrected chi connectivity index (χ4v) is 7.99. The summed E-state index contributed by atoms with van der Waals surface area (Å²) in [6, 6.07) is 56.2. The summed E-state index contributed by atoms with van der Waals surface area (Å²) in [7, 11) is 0. The minimum absolute atomic E-state index is 0.710. The first-order valence-corrected chi connectivity index (χ1v) is 16.4. The van der Waals surface area contributed by atoms with Crippen molar-refractivity contribution in [3.63, 3.8) is 0 Å². The highest BCUT2D eigenvalue weighted by Crippen LogP contribution is 2.46. The van der Waals surface area contributed by atoms with E-state index in [4.69, 9.17) is 9.97 Å². The van der Waals surface area contributed by atoms with Crippen LogP contribution in [0.3, 0.4) is 0 Å². The normalized spacial score (nSPS) is 12.2. The molecule has 0 spiro atoms. The summed E-state index contributed by atoms with van der Waals surface area (Å²) in [5.41, 5.74) is 10.3. The molecule has 0 unspecified atom stereocenters. The van der Waals surface area contributed by atoms with E-state index in [0.717, 1.165) is 33.3 Å². The molecule has 7 aromatic carbocycles. The van der Waals surface area contributed by atoms with Gasteiger partial charge in [0.05, 0.1) is 33.1 Å². The maximum absolute atomic E-state index is 5.41. The third-order valence-corrected chi connectivity index (χ3v) is 10.1. The van der Waals surface area contributed by atoms with Crippen LogP contribution in [0.1, 0.15) is 0 Å². The fraction of sp³-hybridized carbons (Fsp3) is 0. The molecule has 4 heterocycles. The quantitative estimate of drug-likeness (QED) is 0.199. The topological polar surface area (TPSA) is 35.1 Å². The van der Waals surface area contributed by atoms with E-state index >= 15 is 0 Å². The van der Waals surface area contributed by atoms with Gasteiger partial charge in [-0.15, -0.1) is 0 Å². The molecule has 0 N–H and O–H groups in total. The number of fused-ring (bicyclic) bond motifs is 11. The molecule has 0 fully saturated rings. The van der Waals surface area contributed by atoms with Gasteiger partial charge in [-0.3, -0.25) is 4.57 Å². The van der Waals surface area contributed by atoms with E-state index in [2.05, 4.69) is 161 Å². The van der Waals surface area contributed by atoms with Gasteiger partial charge in [0.1, 0.15) is 5.82 Å². The Morgan fingerprint density at radius 2 is 0.938 bits per heavy atom. The minimum Gasteiger partial charge on any atom is -0.308 e. The number of nitrogens with zero attached hydrogens (tertiary/aromatic N) is 4.